The molecule has 1 unspecified atom stereocenters. The highest BCUT2D eigenvalue weighted by Crippen LogP contribution is 2.51. The number of hydrogen-bond donors (Lipinski definition) is 3. The predicted octanol–water partition coefficient (Wildman–Crippen LogP) is 5.18. The van der Waals surface area contributed by atoms with E-state index < -0.39 is 73.6 Å². The van der Waals surface area contributed by atoms with Gasteiger partial charge in [0.1, 0.15) is 34.7 Å². The number of aryl methyl sites for hydroxylation is 1. The molecule has 3 N–H and O–H groups in total. The number of rotatable bonds is 7. The molecule has 57 heavy (non-hydrogen) atoms. The smallest absolute Gasteiger partial charge is 0.408 e. The molecule has 1 aromatic carbocycles. The number of allylic oxidation sites excluding steroid dienone is 1. The van der Waals surface area contributed by atoms with Crippen LogP contribution in [0.3, 0.4) is 0 Å². The number of carboxylic acid groups (broad SMARTS) is 1. The van der Waals surface area contributed by atoms with Crippen LogP contribution in [0.5, 0.6) is 11.5 Å². The molecule has 1 aromatic heterocycles. The first-order chi connectivity index (χ1) is 27.0. The summed E-state index contributed by atoms with van der Waals surface area (Å²) in [6.07, 6.45) is 9.24. The Morgan fingerprint density at radius 3 is 2.54 bits per heavy atom. The second-order valence-electron chi connectivity index (χ2n) is 17.9. The van der Waals surface area contributed by atoms with Crippen LogP contribution in [0.1, 0.15) is 115 Å². The van der Waals surface area contributed by atoms with E-state index in [2.05, 4.69) is 10.0 Å². The Labute approximate surface area is 334 Å². The number of ether oxygens (including phenoxy) is 2. The molecule has 8 rings (SSSR count). The third-order valence-electron chi connectivity index (χ3n) is 13.7. The summed E-state index contributed by atoms with van der Waals surface area (Å²) in [6.45, 7) is 7.58. The second kappa shape index (κ2) is 14.2. The molecule has 3 aliphatic carbocycles. The van der Waals surface area contributed by atoms with Gasteiger partial charge >= 0.3 is 6.09 Å². The van der Waals surface area contributed by atoms with Crippen LogP contribution in [0.4, 0.5) is 4.79 Å². The molecule has 14 nitrogen and oxygen atoms in total. The third kappa shape index (κ3) is 6.80. The van der Waals surface area contributed by atoms with Gasteiger partial charge in [0.05, 0.1) is 29.6 Å². The Bertz CT molecular complexity index is 2150. The standard InChI is InChI=1S/C42H55N5O9S/c1-24(2)33-35-29(30-21-28(55-5)15-16-31(30)43-33)17-18-41(56-35)23-46-34(25(41)3)36(48)44-42(38(50)45-57(53,54)40(4)19-20-40)22-26(42)11-9-7-6-8-10-12-32(37(46)49)47(39(51)52)27-13-14-27/h9,11,15-16,21,24-27,32,34H,6-8,10,12-14,17-20,22-23H2,1-5H3,(H,44,48)(H,45,50)(H,51,52)/b11-9-/t25?,26-,32+,34+,41+,42-/m1/s1. The number of benzene rings is 1. The van der Waals surface area contributed by atoms with Crippen molar-refractivity contribution in [2.45, 2.75) is 145 Å². The molecule has 1 spiro atoms. The number of amides is 4. The molecule has 3 aliphatic heterocycles. The van der Waals surface area contributed by atoms with E-state index in [-0.39, 0.29) is 24.9 Å². The number of nitrogens with one attached hydrogen (secondary N) is 2. The Balaban J connectivity index is 1.20. The maximum Gasteiger partial charge on any atom is 0.408 e. The highest BCUT2D eigenvalue weighted by molar-refractivity contribution is 7.91. The molecule has 4 fully saturated rings. The van der Waals surface area contributed by atoms with Gasteiger partial charge in [0.15, 0.2) is 0 Å². The Morgan fingerprint density at radius 1 is 1.12 bits per heavy atom. The quantitative estimate of drug-likeness (QED) is 0.315. The topological polar surface area (TPSA) is 185 Å². The van der Waals surface area contributed by atoms with Crippen LogP contribution < -0.4 is 19.5 Å². The molecule has 2 aromatic rings. The Morgan fingerprint density at radius 2 is 1.88 bits per heavy atom. The van der Waals surface area contributed by atoms with Crippen molar-refractivity contribution in [3.63, 3.8) is 0 Å². The number of carbonyl (C=O) groups is 4. The van der Waals surface area contributed by atoms with E-state index in [1.807, 2.05) is 51.1 Å². The average molecular weight is 806 g/mol. The number of carbonyl (C=O) groups excluding carboxylic acids is 3. The number of sulfonamides is 1. The monoisotopic (exact) mass is 805 g/mol. The summed E-state index contributed by atoms with van der Waals surface area (Å²) in [4.78, 5) is 64.9. The van der Waals surface area contributed by atoms with Gasteiger partial charge in [0, 0.05) is 28.8 Å². The average Bonchev–Trinajstić information content (AvgIpc) is 4.10. The summed E-state index contributed by atoms with van der Waals surface area (Å²) >= 11 is 0. The van der Waals surface area contributed by atoms with E-state index in [0.717, 1.165) is 35.0 Å². The Hall–Kier alpha value is -4.40. The predicted molar refractivity (Wildman–Crippen MR) is 211 cm³/mol. The molecule has 3 saturated carbocycles. The first-order valence-corrected chi connectivity index (χ1v) is 22.1. The minimum absolute atomic E-state index is 0.0160. The summed E-state index contributed by atoms with van der Waals surface area (Å²) in [7, 11) is -2.40. The minimum atomic E-state index is -4.01. The lowest BCUT2D eigenvalue weighted by atomic mass is 9.79. The molecular weight excluding hydrogens is 751 g/mol. The number of aromatic nitrogens is 1. The van der Waals surface area contributed by atoms with Crippen LogP contribution in [0.2, 0.25) is 0 Å². The highest BCUT2D eigenvalue weighted by Gasteiger charge is 2.65. The molecule has 4 heterocycles. The zero-order valence-corrected chi connectivity index (χ0v) is 34.3. The number of methoxy groups -OCH3 is 1. The van der Waals surface area contributed by atoms with Crippen molar-refractivity contribution in [3.05, 3.63) is 41.6 Å². The van der Waals surface area contributed by atoms with Crippen LogP contribution in [0.25, 0.3) is 10.9 Å². The van der Waals surface area contributed by atoms with Crippen LogP contribution in [0.15, 0.2) is 30.4 Å². The molecular formula is C42H55N5O9S. The first-order valence-electron chi connectivity index (χ1n) is 20.6. The van der Waals surface area contributed by atoms with Gasteiger partial charge in [-0.3, -0.25) is 24.0 Å². The molecule has 4 amide bonds. The van der Waals surface area contributed by atoms with Crippen molar-refractivity contribution in [1.29, 1.82) is 0 Å². The van der Waals surface area contributed by atoms with E-state index in [1.54, 1.807) is 14.0 Å². The lowest BCUT2D eigenvalue weighted by Gasteiger charge is -2.40. The number of hydrogen-bond acceptors (Lipinski definition) is 9. The maximum atomic E-state index is 15.1. The van der Waals surface area contributed by atoms with E-state index in [0.29, 0.717) is 69.3 Å². The fraction of sp³-hybridized carbons (Fsp3) is 0.643. The van der Waals surface area contributed by atoms with Crippen molar-refractivity contribution >= 4 is 44.7 Å². The number of fused-ring (bicyclic) bond motifs is 5. The molecule has 6 atom stereocenters. The van der Waals surface area contributed by atoms with Gasteiger partial charge in [-0.1, -0.05) is 45.8 Å². The van der Waals surface area contributed by atoms with Crippen LogP contribution in [-0.4, -0.2) is 99.8 Å². The van der Waals surface area contributed by atoms with Crippen molar-refractivity contribution in [2.24, 2.45) is 11.8 Å². The second-order valence-corrected chi connectivity index (χ2v) is 20.1. The largest absolute Gasteiger partial charge is 0.497 e. The summed E-state index contributed by atoms with van der Waals surface area (Å²) < 4.78 is 40.6. The van der Waals surface area contributed by atoms with Crippen molar-refractivity contribution in [3.8, 4) is 11.5 Å². The maximum absolute atomic E-state index is 15.1. The Kier molecular flexibility index (Phi) is 9.79. The van der Waals surface area contributed by atoms with E-state index in [4.69, 9.17) is 14.5 Å². The zero-order chi connectivity index (χ0) is 40.7. The summed E-state index contributed by atoms with van der Waals surface area (Å²) in [5.41, 5.74) is -0.0621. The van der Waals surface area contributed by atoms with Gasteiger partial charge in [-0.25, -0.2) is 18.2 Å². The van der Waals surface area contributed by atoms with Crippen LogP contribution >= 0.6 is 0 Å². The van der Waals surface area contributed by atoms with Gasteiger partial charge in [0.25, 0.3) is 5.91 Å². The van der Waals surface area contributed by atoms with Gasteiger partial charge in [-0.15, -0.1) is 0 Å². The molecule has 0 bridgehead atoms. The zero-order valence-electron chi connectivity index (χ0n) is 33.5. The van der Waals surface area contributed by atoms with E-state index in [1.165, 1.54) is 9.80 Å². The fourth-order valence-electron chi connectivity index (χ4n) is 9.45. The molecule has 0 radical (unpaired) electrons. The molecule has 15 heteroatoms. The van der Waals surface area contributed by atoms with Crippen molar-refractivity contribution in [1.82, 2.24) is 24.8 Å². The minimum Gasteiger partial charge on any atom is -0.497 e. The van der Waals surface area contributed by atoms with Gasteiger partial charge in [-0.05, 0) is 95.2 Å². The van der Waals surface area contributed by atoms with Crippen molar-refractivity contribution < 1.29 is 42.2 Å². The number of pyridine rings is 1. The van der Waals surface area contributed by atoms with Crippen LogP contribution in [0, 0.1) is 11.8 Å². The molecule has 308 valence electrons. The first kappa shape index (κ1) is 39.4. The lowest BCUT2D eigenvalue weighted by Crippen LogP contribution is -2.60. The van der Waals surface area contributed by atoms with Gasteiger partial charge in [-0.2, -0.15) is 0 Å². The lowest BCUT2D eigenvalue weighted by molar-refractivity contribution is -0.144. The summed E-state index contributed by atoms with van der Waals surface area (Å²) in [5, 5.41) is 14.4. The fourth-order valence-corrected chi connectivity index (χ4v) is 10.8. The van der Waals surface area contributed by atoms with Gasteiger partial charge in [0.2, 0.25) is 21.8 Å². The SMILES string of the molecule is COc1ccc2nc(C(C)C)c3c(c2c1)CC[C@@]1(CN2C(=O)[C@@H](N(C(=O)O)C4CC4)CCCCC/C=C\[C@@H]4C[C@@]4(C(=O)NS(=O)(=O)C4(C)CC4)NC(=O)[C@@H]2C1C)O3. The molecule has 6 aliphatic rings. The summed E-state index contributed by atoms with van der Waals surface area (Å²) in [6, 6.07) is 3.32. The third-order valence-corrected chi connectivity index (χ3v) is 15.8. The highest BCUT2D eigenvalue weighted by atomic mass is 32.2. The van der Waals surface area contributed by atoms with E-state index >= 15 is 4.79 Å². The number of nitrogens with zero attached hydrogens (tertiary/aromatic N) is 3. The normalized spacial score (nSPS) is 31.5. The van der Waals surface area contributed by atoms with Gasteiger partial charge < -0.3 is 24.8 Å². The molecule has 1 saturated heterocycles. The van der Waals surface area contributed by atoms with E-state index in [9.17, 15) is 27.9 Å². The van der Waals surface area contributed by atoms with Crippen LogP contribution in [-0.2, 0) is 30.8 Å². The van der Waals surface area contributed by atoms with Crippen molar-refractivity contribution in [2.75, 3.05) is 13.7 Å². The summed E-state index contributed by atoms with van der Waals surface area (Å²) in [5.74, 6) is -1.64.